The Morgan fingerprint density at radius 2 is 1.95 bits per heavy atom. The Labute approximate surface area is 123 Å². The van der Waals surface area contributed by atoms with E-state index in [1.165, 1.54) is 6.07 Å². The molecule has 108 valence electrons. The topological polar surface area (TPSA) is 74.6 Å². The van der Waals surface area contributed by atoms with Crippen LogP contribution in [0.25, 0.3) is 0 Å². The molecular formula is C16H17N3O2. The zero-order valence-corrected chi connectivity index (χ0v) is 11.8. The first-order valence-corrected chi connectivity index (χ1v) is 6.77. The standard InChI is InChI=1S/C16H17N3O2/c1-2-5-14(12-8-10-17-11-9-12)18-19-16(21)13-6-3-4-7-15(13)20/h3-4,6-11,20H,2,5H2,1H3,(H,19,21)/b18-14-. The first-order valence-electron chi connectivity index (χ1n) is 6.77. The summed E-state index contributed by atoms with van der Waals surface area (Å²) in [4.78, 5) is 16.0. The lowest BCUT2D eigenvalue weighted by molar-refractivity contribution is 0.0952. The quantitative estimate of drug-likeness (QED) is 0.654. The van der Waals surface area contributed by atoms with Crippen molar-refractivity contribution in [2.75, 3.05) is 0 Å². The molecule has 0 spiro atoms. The molecule has 21 heavy (non-hydrogen) atoms. The molecule has 0 aliphatic carbocycles. The number of nitrogens with one attached hydrogen (secondary N) is 1. The van der Waals surface area contributed by atoms with Gasteiger partial charge in [-0.05, 0) is 30.7 Å². The minimum atomic E-state index is -0.434. The number of carbonyl (C=O) groups excluding carboxylic acids is 1. The Bertz CT molecular complexity index is 639. The predicted molar refractivity (Wildman–Crippen MR) is 81.3 cm³/mol. The molecular weight excluding hydrogens is 266 g/mol. The van der Waals surface area contributed by atoms with Crippen molar-refractivity contribution in [1.82, 2.24) is 10.4 Å². The second kappa shape index (κ2) is 7.19. The van der Waals surface area contributed by atoms with Crippen LogP contribution in [0.3, 0.4) is 0 Å². The van der Waals surface area contributed by atoms with Crippen LogP contribution in [0.2, 0.25) is 0 Å². The highest BCUT2D eigenvalue weighted by molar-refractivity contribution is 6.02. The number of aromatic nitrogens is 1. The van der Waals surface area contributed by atoms with Gasteiger partial charge in [0.05, 0.1) is 11.3 Å². The number of para-hydroxylation sites is 1. The Kier molecular flexibility index (Phi) is 5.04. The first kappa shape index (κ1) is 14.7. The average Bonchev–Trinajstić information content (AvgIpc) is 2.52. The molecule has 2 aromatic rings. The second-order valence-corrected chi connectivity index (χ2v) is 4.50. The zero-order valence-electron chi connectivity index (χ0n) is 11.8. The molecule has 1 amide bonds. The van der Waals surface area contributed by atoms with Crippen LogP contribution >= 0.6 is 0 Å². The number of nitrogens with zero attached hydrogens (tertiary/aromatic N) is 2. The molecule has 5 nitrogen and oxygen atoms in total. The molecule has 2 N–H and O–H groups in total. The summed E-state index contributed by atoms with van der Waals surface area (Å²) in [5, 5.41) is 13.8. The molecule has 1 heterocycles. The highest BCUT2D eigenvalue weighted by Crippen LogP contribution is 2.15. The molecule has 0 unspecified atom stereocenters. The molecule has 2 rings (SSSR count). The van der Waals surface area contributed by atoms with E-state index in [-0.39, 0.29) is 11.3 Å². The molecule has 0 aliphatic rings. The summed E-state index contributed by atoms with van der Waals surface area (Å²) in [6.45, 7) is 2.04. The molecule has 1 aromatic heterocycles. The number of hydrogen-bond acceptors (Lipinski definition) is 4. The third kappa shape index (κ3) is 3.89. The van der Waals surface area contributed by atoms with E-state index in [9.17, 15) is 9.90 Å². The van der Waals surface area contributed by atoms with Gasteiger partial charge in [0.25, 0.3) is 5.91 Å². The number of rotatable bonds is 5. The zero-order chi connectivity index (χ0) is 15.1. The summed E-state index contributed by atoms with van der Waals surface area (Å²) >= 11 is 0. The van der Waals surface area contributed by atoms with Gasteiger partial charge in [-0.25, -0.2) is 5.43 Å². The summed E-state index contributed by atoms with van der Waals surface area (Å²) in [5.41, 5.74) is 4.39. The average molecular weight is 283 g/mol. The molecule has 0 saturated heterocycles. The fraction of sp³-hybridized carbons (Fsp3) is 0.188. The van der Waals surface area contributed by atoms with Crippen molar-refractivity contribution in [1.29, 1.82) is 0 Å². The van der Waals surface area contributed by atoms with Crippen LogP contribution in [-0.4, -0.2) is 21.7 Å². The highest BCUT2D eigenvalue weighted by atomic mass is 16.3. The van der Waals surface area contributed by atoms with Gasteiger partial charge in [0.1, 0.15) is 5.75 Å². The van der Waals surface area contributed by atoms with Crippen LogP contribution in [0.5, 0.6) is 5.75 Å². The SMILES string of the molecule is CCC/C(=N/NC(=O)c1ccccc1O)c1ccncc1. The van der Waals surface area contributed by atoms with Crippen LogP contribution in [-0.2, 0) is 0 Å². The van der Waals surface area contributed by atoms with Crippen molar-refractivity contribution >= 4 is 11.6 Å². The van der Waals surface area contributed by atoms with E-state index in [1.54, 1.807) is 30.6 Å². The van der Waals surface area contributed by atoms with Crippen LogP contribution in [0.1, 0.15) is 35.7 Å². The summed E-state index contributed by atoms with van der Waals surface area (Å²) in [6, 6.07) is 10.1. The number of phenols is 1. The molecule has 0 fully saturated rings. The lowest BCUT2D eigenvalue weighted by Crippen LogP contribution is -2.20. The van der Waals surface area contributed by atoms with Gasteiger partial charge in [-0.2, -0.15) is 5.10 Å². The Hall–Kier alpha value is -2.69. The smallest absolute Gasteiger partial charge is 0.275 e. The maximum Gasteiger partial charge on any atom is 0.275 e. The number of carbonyl (C=O) groups is 1. The molecule has 5 heteroatoms. The van der Waals surface area contributed by atoms with Gasteiger partial charge in [-0.3, -0.25) is 9.78 Å². The van der Waals surface area contributed by atoms with Crippen molar-refractivity contribution in [3.8, 4) is 5.75 Å². The third-order valence-corrected chi connectivity index (χ3v) is 2.94. The van der Waals surface area contributed by atoms with Crippen molar-refractivity contribution in [2.24, 2.45) is 5.10 Å². The van der Waals surface area contributed by atoms with E-state index in [1.807, 2.05) is 19.1 Å². The lowest BCUT2D eigenvalue weighted by atomic mass is 10.1. The maximum atomic E-state index is 12.0. The minimum Gasteiger partial charge on any atom is -0.507 e. The number of phenolic OH excluding ortho intramolecular Hbond substituents is 1. The summed E-state index contributed by atoms with van der Waals surface area (Å²) in [6.07, 6.45) is 5.02. The van der Waals surface area contributed by atoms with E-state index < -0.39 is 5.91 Å². The van der Waals surface area contributed by atoms with Crippen LogP contribution < -0.4 is 5.43 Å². The van der Waals surface area contributed by atoms with Crippen molar-refractivity contribution < 1.29 is 9.90 Å². The Balaban J connectivity index is 2.17. The number of hydrogen-bond donors (Lipinski definition) is 2. The summed E-state index contributed by atoms with van der Waals surface area (Å²) < 4.78 is 0. The highest BCUT2D eigenvalue weighted by Gasteiger charge is 2.10. The fourth-order valence-electron chi connectivity index (χ4n) is 1.89. The van der Waals surface area contributed by atoms with E-state index in [2.05, 4.69) is 15.5 Å². The van der Waals surface area contributed by atoms with E-state index in [0.717, 1.165) is 24.1 Å². The van der Waals surface area contributed by atoms with Gasteiger partial charge in [-0.1, -0.05) is 25.5 Å². The largest absolute Gasteiger partial charge is 0.507 e. The summed E-state index contributed by atoms with van der Waals surface area (Å²) in [5.74, 6) is -0.498. The molecule has 0 radical (unpaired) electrons. The summed E-state index contributed by atoms with van der Waals surface area (Å²) in [7, 11) is 0. The second-order valence-electron chi connectivity index (χ2n) is 4.50. The van der Waals surface area contributed by atoms with E-state index in [0.29, 0.717) is 0 Å². The third-order valence-electron chi connectivity index (χ3n) is 2.94. The number of pyridine rings is 1. The van der Waals surface area contributed by atoms with E-state index >= 15 is 0 Å². The predicted octanol–water partition coefficient (Wildman–Crippen LogP) is 2.72. The van der Waals surface area contributed by atoms with Gasteiger partial charge < -0.3 is 5.11 Å². The Morgan fingerprint density at radius 3 is 2.62 bits per heavy atom. The van der Waals surface area contributed by atoms with Crippen molar-refractivity contribution in [3.05, 3.63) is 59.9 Å². The first-order chi connectivity index (χ1) is 10.2. The van der Waals surface area contributed by atoms with Gasteiger partial charge in [0.2, 0.25) is 0 Å². The number of benzene rings is 1. The number of hydrazone groups is 1. The van der Waals surface area contributed by atoms with Crippen LogP contribution in [0.15, 0.2) is 53.9 Å². The fourth-order valence-corrected chi connectivity index (χ4v) is 1.89. The van der Waals surface area contributed by atoms with E-state index in [4.69, 9.17) is 0 Å². The minimum absolute atomic E-state index is 0.0637. The van der Waals surface area contributed by atoms with Crippen LogP contribution in [0.4, 0.5) is 0 Å². The monoisotopic (exact) mass is 283 g/mol. The molecule has 0 atom stereocenters. The van der Waals surface area contributed by atoms with Crippen molar-refractivity contribution in [2.45, 2.75) is 19.8 Å². The lowest BCUT2D eigenvalue weighted by Gasteiger charge is -2.07. The van der Waals surface area contributed by atoms with Gasteiger partial charge >= 0.3 is 0 Å². The molecule has 0 bridgehead atoms. The molecule has 0 aliphatic heterocycles. The van der Waals surface area contributed by atoms with Crippen LogP contribution in [0, 0.1) is 0 Å². The Morgan fingerprint density at radius 1 is 1.24 bits per heavy atom. The van der Waals surface area contributed by atoms with Gasteiger partial charge in [0.15, 0.2) is 0 Å². The number of amides is 1. The maximum absolute atomic E-state index is 12.0. The molecule has 0 saturated carbocycles. The number of aromatic hydroxyl groups is 1. The molecule has 1 aromatic carbocycles. The van der Waals surface area contributed by atoms with Gasteiger partial charge in [-0.15, -0.1) is 0 Å². The van der Waals surface area contributed by atoms with Gasteiger partial charge in [0, 0.05) is 18.0 Å². The normalized spacial score (nSPS) is 11.2. The van der Waals surface area contributed by atoms with Crippen molar-refractivity contribution in [3.63, 3.8) is 0 Å².